The van der Waals surface area contributed by atoms with Crippen molar-refractivity contribution in [3.05, 3.63) is 18.0 Å². The van der Waals surface area contributed by atoms with Crippen molar-refractivity contribution in [3.8, 4) is 0 Å². The van der Waals surface area contributed by atoms with Crippen LogP contribution in [0.15, 0.2) is 12.4 Å². The highest BCUT2D eigenvalue weighted by Gasteiger charge is 2.26. The van der Waals surface area contributed by atoms with E-state index in [0.717, 1.165) is 38.3 Å². The molecule has 1 fully saturated rings. The average molecular weight is 289 g/mol. The number of nitrogens with zero attached hydrogens (tertiary/aromatic N) is 3. The zero-order chi connectivity index (χ0) is 13.2. The number of rotatable bonds is 4. The molecule has 1 atom stereocenters. The topological polar surface area (TPSA) is 56.3 Å². The first kappa shape index (κ1) is 16.4. The Balaban J connectivity index is 0.00000180. The third kappa shape index (κ3) is 4.76. The van der Waals surface area contributed by atoms with E-state index in [1.807, 2.05) is 10.9 Å². The van der Waals surface area contributed by atoms with E-state index in [-0.39, 0.29) is 24.0 Å². The predicted octanol–water partition coefficient (Wildman–Crippen LogP) is 1.44. The van der Waals surface area contributed by atoms with Gasteiger partial charge in [-0.05, 0) is 20.8 Å². The molecule has 0 aromatic carbocycles. The van der Waals surface area contributed by atoms with Crippen LogP contribution in [0.25, 0.3) is 0 Å². The first-order valence-corrected chi connectivity index (χ1v) is 6.63. The lowest BCUT2D eigenvalue weighted by Crippen LogP contribution is -2.49. The van der Waals surface area contributed by atoms with E-state index < -0.39 is 0 Å². The summed E-state index contributed by atoms with van der Waals surface area (Å²) >= 11 is 0. The van der Waals surface area contributed by atoms with Gasteiger partial charge >= 0.3 is 0 Å². The minimum absolute atomic E-state index is 0. The SMILES string of the molecule is CCn1cc(C2CN(CC(C)(C)N)CCO2)cn1.Cl. The van der Waals surface area contributed by atoms with E-state index in [1.54, 1.807) is 0 Å². The van der Waals surface area contributed by atoms with Crippen molar-refractivity contribution >= 4 is 12.4 Å². The molecule has 19 heavy (non-hydrogen) atoms. The highest BCUT2D eigenvalue weighted by Crippen LogP contribution is 2.22. The van der Waals surface area contributed by atoms with Crippen molar-refractivity contribution in [2.24, 2.45) is 5.73 Å². The fourth-order valence-electron chi connectivity index (χ4n) is 2.34. The predicted molar refractivity (Wildman–Crippen MR) is 78.5 cm³/mol. The van der Waals surface area contributed by atoms with E-state index in [1.165, 1.54) is 0 Å². The highest BCUT2D eigenvalue weighted by atomic mass is 35.5. The minimum Gasteiger partial charge on any atom is -0.371 e. The number of aromatic nitrogens is 2. The van der Waals surface area contributed by atoms with Crippen LogP contribution in [0.2, 0.25) is 0 Å². The summed E-state index contributed by atoms with van der Waals surface area (Å²) in [6.07, 6.45) is 4.11. The fourth-order valence-corrected chi connectivity index (χ4v) is 2.34. The van der Waals surface area contributed by atoms with Crippen LogP contribution in [-0.2, 0) is 11.3 Å². The molecule has 5 nitrogen and oxygen atoms in total. The molecule has 1 aromatic heterocycles. The Morgan fingerprint density at radius 1 is 1.53 bits per heavy atom. The first-order chi connectivity index (χ1) is 8.48. The highest BCUT2D eigenvalue weighted by molar-refractivity contribution is 5.85. The normalized spacial score (nSPS) is 21.2. The maximum absolute atomic E-state index is 6.08. The largest absolute Gasteiger partial charge is 0.371 e. The Labute approximate surface area is 121 Å². The first-order valence-electron chi connectivity index (χ1n) is 6.63. The van der Waals surface area contributed by atoms with Gasteiger partial charge in [-0.2, -0.15) is 5.10 Å². The second kappa shape index (κ2) is 6.70. The van der Waals surface area contributed by atoms with Crippen LogP contribution in [0.1, 0.15) is 32.4 Å². The Morgan fingerprint density at radius 3 is 2.84 bits per heavy atom. The van der Waals surface area contributed by atoms with E-state index >= 15 is 0 Å². The minimum atomic E-state index is -0.157. The lowest BCUT2D eigenvalue weighted by molar-refractivity contribution is -0.0347. The smallest absolute Gasteiger partial charge is 0.0982 e. The van der Waals surface area contributed by atoms with Crippen LogP contribution >= 0.6 is 12.4 Å². The molecule has 2 N–H and O–H groups in total. The Morgan fingerprint density at radius 2 is 2.26 bits per heavy atom. The number of nitrogens with two attached hydrogens (primary N) is 1. The molecule has 0 radical (unpaired) electrons. The van der Waals surface area contributed by atoms with Crippen LogP contribution in [0.4, 0.5) is 0 Å². The van der Waals surface area contributed by atoms with E-state index in [4.69, 9.17) is 10.5 Å². The summed E-state index contributed by atoms with van der Waals surface area (Å²) in [6, 6.07) is 0. The maximum Gasteiger partial charge on any atom is 0.0982 e. The number of aryl methyl sites for hydroxylation is 1. The van der Waals surface area contributed by atoms with Gasteiger partial charge in [0.25, 0.3) is 0 Å². The molecule has 6 heteroatoms. The molecule has 0 amide bonds. The van der Waals surface area contributed by atoms with Gasteiger partial charge in [0.1, 0.15) is 0 Å². The van der Waals surface area contributed by atoms with Crippen molar-refractivity contribution in [1.29, 1.82) is 0 Å². The summed E-state index contributed by atoms with van der Waals surface area (Å²) in [5.41, 5.74) is 7.08. The number of morpholine rings is 1. The molecule has 0 saturated carbocycles. The lowest BCUT2D eigenvalue weighted by Gasteiger charge is -2.36. The van der Waals surface area contributed by atoms with Crippen molar-refractivity contribution in [1.82, 2.24) is 14.7 Å². The van der Waals surface area contributed by atoms with Crippen LogP contribution in [0.5, 0.6) is 0 Å². The van der Waals surface area contributed by atoms with Gasteiger partial charge in [0.05, 0.1) is 18.9 Å². The monoisotopic (exact) mass is 288 g/mol. The third-order valence-corrected chi connectivity index (χ3v) is 3.13. The molecular weight excluding hydrogens is 264 g/mol. The lowest BCUT2D eigenvalue weighted by atomic mass is 10.1. The maximum atomic E-state index is 6.08. The van der Waals surface area contributed by atoms with E-state index in [9.17, 15) is 0 Å². The third-order valence-electron chi connectivity index (χ3n) is 3.13. The van der Waals surface area contributed by atoms with Gasteiger partial charge in [-0.25, -0.2) is 0 Å². The van der Waals surface area contributed by atoms with Gasteiger partial charge in [-0.3, -0.25) is 9.58 Å². The van der Waals surface area contributed by atoms with Gasteiger partial charge in [-0.15, -0.1) is 12.4 Å². The molecule has 110 valence electrons. The number of halogens is 1. The van der Waals surface area contributed by atoms with Gasteiger partial charge < -0.3 is 10.5 Å². The van der Waals surface area contributed by atoms with Crippen LogP contribution in [-0.4, -0.2) is 46.5 Å². The van der Waals surface area contributed by atoms with Gasteiger partial charge in [0, 0.05) is 43.5 Å². The van der Waals surface area contributed by atoms with Crippen LogP contribution < -0.4 is 5.73 Å². The summed E-state index contributed by atoms with van der Waals surface area (Å²) in [5, 5.41) is 4.30. The van der Waals surface area contributed by atoms with Gasteiger partial charge in [0.15, 0.2) is 0 Å². The number of ether oxygens (including phenoxy) is 1. The average Bonchev–Trinajstić information content (AvgIpc) is 2.75. The molecule has 1 unspecified atom stereocenters. The van der Waals surface area contributed by atoms with E-state index in [0.29, 0.717) is 0 Å². The van der Waals surface area contributed by atoms with Crippen LogP contribution in [0, 0.1) is 0 Å². The summed E-state index contributed by atoms with van der Waals surface area (Å²) in [6.45, 7) is 10.6. The standard InChI is InChI=1S/C13H24N4O.ClH/c1-4-17-8-11(7-15-17)12-9-16(5-6-18-12)10-13(2,3)14;/h7-8,12H,4-6,9-10,14H2,1-3H3;1H. The van der Waals surface area contributed by atoms with Crippen molar-refractivity contribution in [2.45, 2.75) is 39.0 Å². The van der Waals surface area contributed by atoms with Crippen molar-refractivity contribution in [2.75, 3.05) is 26.2 Å². The molecule has 2 heterocycles. The Hall–Kier alpha value is -0.620. The van der Waals surface area contributed by atoms with Crippen molar-refractivity contribution in [3.63, 3.8) is 0 Å². The van der Waals surface area contributed by atoms with Crippen molar-refractivity contribution < 1.29 is 4.74 Å². The summed E-state index contributed by atoms with van der Waals surface area (Å²) in [4.78, 5) is 2.37. The van der Waals surface area contributed by atoms with E-state index in [2.05, 4.69) is 37.0 Å². The molecule has 1 saturated heterocycles. The molecular formula is C13H25ClN4O. The molecule has 1 aliphatic rings. The Kier molecular flexibility index (Phi) is 5.80. The second-order valence-electron chi connectivity index (χ2n) is 5.71. The summed E-state index contributed by atoms with van der Waals surface area (Å²) in [7, 11) is 0. The molecule has 1 aromatic rings. The number of hydrogen-bond acceptors (Lipinski definition) is 4. The molecule has 0 bridgehead atoms. The molecule has 0 aliphatic carbocycles. The Bertz CT molecular complexity index is 388. The fraction of sp³-hybridized carbons (Fsp3) is 0.769. The summed E-state index contributed by atoms with van der Waals surface area (Å²) in [5.74, 6) is 0. The van der Waals surface area contributed by atoms with Gasteiger partial charge in [0.2, 0.25) is 0 Å². The zero-order valence-electron chi connectivity index (χ0n) is 12.0. The van der Waals surface area contributed by atoms with Gasteiger partial charge in [-0.1, -0.05) is 0 Å². The second-order valence-corrected chi connectivity index (χ2v) is 5.71. The van der Waals surface area contributed by atoms with Crippen LogP contribution in [0.3, 0.4) is 0 Å². The molecule has 2 rings (SSSR count). The summed E-state index contributed by atoms with van der Waals surface area (Å²) < 4.78 is 7.77. The number of hydrogen-bond donors (Lipinski definition) is 1. The molecule has 0 spiro atoms. The molecule has 1 aliphatic heterocycles. The quantitative estimate of drug-likeness (QED) is 0.911. The zero-order valence-corrected chi connectivity index (χ0v) is 12.8.